The zero-order chi connectivity index (χ0) is 17.6. The summed E-state index contributed by atoms with van der Waals surface area (Å²) >= 11 is 0. The van der Waals surface area contributed by atoms with Gasteiger partial charge in [0.05, 0.1) is 0 Å². The summed E-state index contributed by atoms with van der Waals surface area (Å²) in [6.07, 6.45) is 4.75. The van der Waals surface area contributed by atoms with Crippen LogP contribution in [0.25, 0.3) is 11.0 Å². The van der Waals surface area contributed by atoms with E-state index in [4.69, 9.17) is 0 Å². The van der Waals surface area contributed by atoms with Crippen molar-refractivity contribution in [2.45, 2.75) is 13.3 Å². The van der Waals surface area contributed by atoms with Crippen molar-refractivity contribution in [3.05, 3.63) is 30.1 Å². The molecule has 2 saturated heterocycles. The van der Waals surface area contributed by atoms with Gasteiger partial charge < -0.3 is 19.7 Å². The summed E-state index contributed by atoms with van der Waals surface area (Å²) < 4.78 is 2.05. The number of likely N-dealkylation sites (tertiary alicyclic amines) is 2. The van der Waals surface area contributed by atoms with Crippen molar-refractivity contribution >= 4 is 17.1 Å². The lowest BCUT2D eigenvalue weighted by atomic mass is 9.83. The number of hydrogen-bond acceptors (Lipinski definition) is 3. The highest BCUT2D eigenvalue weighted by Crippen LogP contribution is 2.41. The molecule has 2 aliphatic rings. The minimum absolute atomic E-state index is 0.0802. The average Bonchev–Trinajstić information content (AvgIpc) is 3.15. The Morgan fingerprint density at radius 3 is 3.00 bits per heavy atom. The molecule has 0 bridgehead atoms. The molecule has 4 heterocycles. The van der Waals surface area contributed by atoms with Crippen LogP contribution in [-0.2, 0) is 13.5 Å². The number of urea groups is 1. The number of fused-ring (bicyclic) bond motifs is 2. The molecule has 6 nitrogen and oxygen atoms in total. The minimum Gasteiger partial charge on any atom is -0.338 e. The maximum Gasteiger partial charge on any atom is 0.317 e. The van der Waals surface area contributed by atoms with E-state index in [1.165, 1.54) is 10.9 Å². The maximum absolute atomic E-state index is 12.5. The number of rotatable bonds is 3. The van der Waals surface area contributed by atoms with E-state index in [2.05, 4.69) is 41.4 Å². The van der Waals surface area contributed by atoms with Gasteiger partial charge in [-0.2, -0.15) is 0 Å². The molecule has 25 heavy (non-hydrogen) atoms. The first-order valence-electron chi connectivity index (χ1n) is 9.06. The number of carbonyl (C=O) groups excluding carboxylic acids is 1. The van der Waals surface area contributed by atoms with Gasteiger partial charge in [0.1, 0.15) is 5.65 Å². The number of pyridine rings is 1. The molecule has 2 amide bonds. The second kappa shape index (κ2) is 6.02. The van der Waals surface area contributed by atoms with Crippen LogP contribution in [0.3, 0.4) is 0 Å². The van der Waals surface area contributed by atoms with Gasteiger partial charge in [-0.15, -0.1) is 0 Å². The fraction of sp³-hybridized carbons (Fsp3) is 0.579. The van der Waals surface area contributed by atoms with E-state index >= 15 is 0 Å². The van der Waals surface area contributed by atoms with Crippen LogP contribution in [-0.4, -0.2) is 65.2 Å². The predicted octanol–water partition coefficient (Wildman–Crippen LogP) is 1.71. The van der Waals surface area contributed by atoms with Crippen LogP contribution >= 0.6 is 0 Å². The highest BCUT2D eigenvalue weighted by Gasteiger charge is 2.49. The monoisotopic (exact) mass is 341 g/mol. The molecule has 0 aliphatic carbocycles. The first-order chi connectivity index (χ1) is 12.0. The fourth-order valence-electron chi connectivity index (χ4n) is 4.69. The summed E-state index contributed by atoms with van der Waals surface area (Å²) in [5.74, 6) is 0.604. The van der Waals surface area contributed by atoms with E-state index < -0.39 is 0 Å². The van der Waals surface area contributed by atoms with E-state index in [9.17, 15) is 4.79 Å². The maximum atomic E-state index is 12.5. The van der Waals surface area contributed by atoms with Crippen LogP contribution in [0.2, 0.25) is 0 Å². The van der Waals surface area contributed by atoms with Crippen molar-refractivity contribution in [3.63, 3.8) is 0 Å². The Balaban J connectivity index is 1.34. The third kappa shape index (κ3) is 2.88. The zero-order valence-electron chi connectivity index (χ0n) is 15.3. The smallest absolute Gasteiger partial charge is 0.317 e. The molecule has 2 fully saturated rings. The summed E-state index contributed by atoms with van der Waals surface area (Å²) in [5, 5.41) is 4.28. The molecule has 4 rings (SSSR count). The van der Waals surface area contributed by atoms with E-state index in [1.54, 1.807) is 0 Å². The molecule has 2 atom stereocenters. The van der Waals surface area contributed by atoms with Gasteiger partial charge in [0.15, 0.2) is 0 Å². The Bertz CT molecular complexity index is 800. The first-order valence-corrected chi connectivity index (χ1v) is 9.06. The van der Waals surface area contributed by atoms with Gasteiger partial charge in [-0.3, -0.25) is 0 Å². The lowest BCUT2D eigenvalue weighted by Crippen LogP contribution is -2.41. The van der Waals surface area contributed by atoms with Gasteiger partial charge >= 0.3 is 6.03 Å². The molecular formula is C19H27N5O. The van der Waals surface area contributed by atoms with Crippen LogP contribution in [0, 0.1) is 11.3 Å². The van der Waals surface area contributed by atoms with Gasteiger partial charge in [-0.25, -0.2) is 9.78 Å². The average molecular weight is 341 g/mol. The van der Waals surface area contributed by atoms with Crippen LogP contribution in [0.15, 0.2) is 24.5 Å². The second-order valence-electron chi connectivity index (χ2n) is 8.05. The van der Waals surface area contributed by atoms with E-state index in [1.807, 2.05) is 28.8 Å². The van der Waals surface area contributed by atoms with Crippen LogP contribution in [0.4, 0.5) is 4.79 Å². The molecule has 2 aromatic rings. The van der Waals surface area contributed by atoms with Gasteiger partial charge in [-0.1, -0.05) is 6.92 Å². The Morgan fingerprint density at radius 1 is 1.36 bits per heavy atom. The van der Waals surface area contributed by atoms with Crippen molar-refractivity contribution < 1.29 is 4.79 Å². The summed E-state index contributed by atoms with van der Waals surface area (Å²) in [4.78, 5) is 21.3. The third-order valence-corrected chi connectivity index (χ3v) is 5.92. The van der Waals surface area contributed by atoms with Gasteiger partial charge in [0, 0.05) is 63.0 Å². The lowest BCUT2D eigenvalue weighted by Gasteiger charge is -2.24. The van der Waals surface area contributed by atoms with E-state index in [0.29, 0.717) is 12.5 Å². The van der Waals surface area contributed by atoms with E-state index in [0.717, 1.165) is 38.2 Å². The number of aryl methyl sites for hydroxylation is 1. The van der Waals surface area contributed by atoms with Crippen LogP contribution in [0.5, 0.6) is 0 Å². The molecular weight excluding hydrogens is 314 g/mol. The SMILES string of the molecule is CN1C[C@@H]2CN(C(=O)NCCc3cn(C)c4ncccc34)C[C@]2(C)C1. The molecule has 0 aromatic carbocycles. The van der Waals surface area contributed by atoms with Crippen molar-refractivity contribution in [3.8, 4) is 0 Å². The molecule has 134 valence electrons. The van der Waals surface area contributed by atoms with Gasteiger partial charge in [0.2, 0.25) is 0 Å². The fourth-order valence-corrected chi connectivity index (χ4v) is 4.69. The topological polar surface area (TPSA) is 53.4 Å². The molecule has 0 unspecified atom stereocenters. The molecule has 0 radical (unpaired) electrons. The van der Waals surface area contributed by atoms with Crippen LogP contribution in [0.1, 0.15) is 12.5 Å². The Labute approximate surface area is 148 Å². The summed E-state index contributed by atoms with van der Waals surface area (Å²) in [7, 11) is 4.19. The number of nitrogens with zero attached hydrogens (tertiary/aromatic N) is 4. The van der Waals surface area contributed by atoms with Crippen molar-refractivity contribution in [1.29, 1.82) is 0 Å². The molecule has 6 heteroatoms. The number of hydrogen-bond donors (Lipinski definition) is 1. The van der Waals surface area contributed by atoms with Gasteiger partial charge in [-0.05, 0) is 37.1 Å². The molecule has 0 saturated carbocycles. The van der Waals surface area contributed by atoms with Crippen LogP contribution < -0.4 is 5.32 Å². The molecule has 2 aliphatic heterocycles. The zero-order valence-corrected chi connectivity index (χ0v) is 15.3. The number of nitrogens with one attached hydrogen (secondary N) is 1. The van der Waals surface area contributed by atoms with Crippen molar-refractivity contribution in [2.24, 2.45) is 18.4 Å². The Morgan fingerprint density at radius 2 is 2.20 bits per heavy atom. The third-order valence-electron chi connectivity index (χ3n) is 5.92. The van der Waals surface area contributed by atoms with Gasteiger partial charge in [0.25, 0.3) is 0 Å². The minimum atomic E-state index is 0.0802. The quantitative estimate of drug-likeness (QED) is 0.925. The van der Waals surface area contributed by atoms with Crippen molar-refractivity contribution in [1.82, 2.24) is 24.7 Å². The summed E-state index contributed by atoms with van der Waals surface area (Å²) in [6, 6.07) is 4.14. The molecule has 0 spiro atoms. The second-order valence-corrected chi connectivity index (χ2v) is 8.05. The Kier molecular flexibility index (Phi) is 3.95. The van der Waals surface area contributed by atoms with Crippen molar-refractivity contribution in [2.75, 3.05) is 39.8 Å². The molecule has 1 N–H and O–H groups in total. The predicted molar refractivity (Wildman–Crippen MR) is 98.5 cm³/mol. The largest absolute Gasteiger partial charge is 0.338 e. The lowest BCUT2D eigenvalue weighted by molar-refractivity contribution is 0.196. The highest BCUT2D eigenvalue weighted by atomic mass is 16.2. The normalized spacial score (nSPS) is 26.4. The Hall–Kier alpha value is -2.08. The number of carbonyl (C=O) groups is 1. The number of amides is 2. The number of aromatic nitrogens is 2. The summed E-state index contributed by atoms with van der Waals surface area (Å²) in [6.45, 7) is 6.91. The molecule has 2 aromatic heterocycles. The van der Waals surface area contributed by atoms with E-state index in [-0.39, 0.29) is 11.4 Å². The first kappa shape index (κ1) is 16.4. The highest BCUT2D eigenvalue weighted by molar-refractivity contribution is 5.80. The standard InChI is InChI=1S/C19H27N5O/c1-19-12-22(2)10-15(19)11-24(13-19)18(25)21-8-6-14-9-23(3)17-16(14)5-4-7-20-17/h4-5,7,9,15H,6,8,10-13H2,1-3H3,(H,21,25)/t15-,19+/m1/s1. The summed E-state index contributed by atoms with van der Waals surface area (Å²) in [5.41, 5.74) is 2.49.